The number of benzene rings is 1. The Balaban J connectivity index is 1.52. The molecule has 0 aliphatic carbocycles. The molecule has 0 saturated carbocycles. The predicted molar refractivity (Wildman–Crippen MR) is 105 cm³/mol. The molecule has 2 heterocycles. The van der Waals surface area contributed by atoms with E-state index in [1.807, 2.05) is 12.1 Å². The van der Waals surface area contributed by atoms with Crippen LogP contribution in [0.5, 0.6) is 0 Å². The quantitative estimate of drug-likeness (QED) is 0.806. The van der Waals surface area contributed by atoms with E-state index in [2.05, 4.69) is 53.3 Å². The summed E-state index contributed by atoms with van der Waals surface area (Å²) >= 11 is 0. The number of rotatable bonds is 7. The first kappa shape index (κ1) is 19.5. The smallest absolute Gasteiger partial charge is 0.241 e. The van der Waals surface area contributed by atoms with Gasteiger partial charge in [-0.05, 0) is 43.8 Å². The van der Waals surface area contributed by atoms with Crippen molar-refractivity contribution in [2.75, 3.05) is 19.6 Å². The van der Waals surface area contributed by atoms with Crippen molar-refractivity contribution in [3.63, 3.8) is 0 Å². The van der Waals surface area contributed by atoms with Gasteiger partial charge in [-0.3, -0.25) is 9.69 Å². The number of hydrogen-bond donors (Lipinski definition) is 1. The molecule has 146 valence electrons. The van der Waals surface area contributed by atoms with Crippen LogP contribution in [0, 0.1) is 5.92 Å². The molecule has 2 aromatic rings. The SMILES string of the molecule is CCCNC(=O)C1CCN(Cc2nc(-c3ccc(C(C)C)cc3)no2)CC1. The maximum atomic E-state index is 12.1. The summed E-state index contributed by atoms with van der Waals surface area (Å²) in [5, 5.41) is 7.13. The van der Waals surface area contributed by atoms with E-state index in [1.165, 1.54) is 5.56 Å². The molecule has 6 nitrogen and oxygen atoms in total. The maximum absolute atomic E-state index is 12.1. The predicted octanol–water partition coefficient (Wildman–Crippen LogP) is 3.60. The number of nitrogens with zero attached hydrogens (tertiary/aromatic N) is 3. The van der Waals surface area contributed by atoms with Gasteiger partial charge >= 0.3 is 0 Å². The lowest BCUT2D eigenvalue weighted by atomic mass is 9.96. The fraction of sp³-hybridized carbons (Fsp3) is 0.571. The molecule has 1 fully saturated rings. The van der Waals surface area contributed by atoms with Gasteiger partial charge in [0.25, 0.3) is 0 Å². The van der Waals surface area contributed by atoms with Crippen molar-refractivity contribution < 1.29 is 9.32 Å². The van der Waals surface area contributed by atoms with E-state index in [0.717, 1.165) is 44.5 Å². The zero-order valence-corrected chi connectivity index (χ0v) is 16.6. The third-order valence-corrected chi connectivity index (χ3v) is 5.17. The summed E-state index contributed by atoms with van der Waals surface area (Å²) in [7, 11) is 0. The zero-order valence-electron chi connectivity index (χ0n) is 16.6. The van der Waals surface area contributed by atoms with Crippen LogP contribution in [-0.2, 0) is 11.3 Å². The first-order valence-corrected chi connectivity index (χ1v) is 9.99. The second-order valence-electron chi connectivity index (χ2n) is 7.63. The number of aromatic nitrogens is 2. The Hall–Kier alpha value is -2.21. The lowest BCUT2D eigenvalue weighted by Gasteiger charge is -2.30. The summed E-state index contributed by atoms with van der Waals surface area (Å²) in [5.41, 5.74) is 2.27. The Kier molecular flexibility index (Phi) is 6.61. The highest BCUT2D eigenvalue weighted by atomic mass is 16.5. The van der Waals surface area contributed by atoms with E-state index in [9.17, 15) is 4.79 Å². The van der Waals surface area contributed by atoms with Crippen LogP contribution in [0.15, 0.2) is 28.8 Å². The summed E-state index contributed by atoms with van der Waals surface area (Å²) in [4.78, 5) is 18.9. The molecule has 1 aliphatic rings. The molecule has 0 radical (unpaired) electrons. The molecule has 6 heteroatoms. The summed E-state index contributed by atoms with van der Waals surface area (Å²) in [5.74, 6) is 2.10. The van der Waals surface area contributed by atoms with Crippen LogP contribution in [0.2, 0.25) is 0 Å². The van der Waals surface area contributed by atoms with Crippen molar-refractivity contribution in [3.05, 3.63) is 35.7 Å². The van der Waals surface area contributed by atoms with Gasteiger partial charge < -0.3 is 9.84 Å². The van der Waals surface area contributed by atoms with Gasteiger partial charge in [-0.25, -0.2) is 0 Å². The topological polar surface area (TPSA) is 71.3 Å². The third kappa shape index (κ3) is 5.16. The number of amides is 1. The zero-order chi connectivity index (χ0) is 19.2. The Morgan fingerprint density at radius 1 is 1.26 bits per heavy atom. The van der Waals surface area contributed by atoms with Gasteiger partial charge in [0.05, 0.1) is 6.54 Å². The van der Waals surface area contributed by atoms with E-state index in [0.29, 0.717) is 24.2 Å². The maximum Gasteiger partial charge on any atom is 0.241 e. The van der Waals surface area contributed by atoms with E-state index in [-0.39, 0.29) is 11.8 Å². The highest BCUT2D eigenvalue weighted by molar-refractivity contribution is 5.78. The minimum absolute atomic E-state index is 0.130. The fourth-order valence-electron chi connectivity index (χ4n) is 3.39. The van der Waals surface area contributed by atoms with Gasteiger partial charge in [0.2, 0.25) is 17.6 Å². The highest BCUT2D eigenvalue weighted by Gasteiger charge is 2.25. The Morgan fingerprint density at radius 2 is 1.96 bits per heavy atom. The molecular weight excluding hydrogens is 340 g/mol. The van der Waals surface area contributed by atoms with Crippen molar-refractivity contribution in [1.82, 2.24) is 20.4 Å². The normalized spacial score (nSPS) is 16.0. The first-order valence-electron chi connectivity index (χ1n) is 9.99. The summed E-state index contributed by atoms with van der Waals surface area (Å²) in [6.07, 6.45) is 2.74. The minimum Gasteiger partial charge on any atom is -0.356 e. The van der Waals surface area contributed by atoms with Gasteiger partial charge in [-0.1, -0.05) is 50.2 Å². The van der Waals surface area contributed by atoms with Gasteiger partial charge in [-0.2, -0.15) is 4.98 Å². The third-order valence-electron chi connectivity index (χ3n) is 5.17. The first-order chi connectivity index (χ1) is 13.1. The second-order valence-corrected chi connectivity index (χ2v) is 7.63. The summed E-state index contributed by atoms with van der Waals surface area (Å²) in [6, 6.07) is 8.32. The molecule has 0 spiro atoms. The van der Waals surface area contributed by atoms with E-state index >= 15 is 0 Å². The van der Waals surface area contributed by atoms with E-state index < -0.39 is 0 Å². The number of hydrogen-bond acceptors (Lipinski definition) is 5. The van der Waals surface area contributed by atoms with Crippen LogP contribution in [-0.4, -0.2) is 40.6 Å². The van der Waals surface area contributed by atoms with Crippen LogP contribution in [0.25, 0.3) is 11.4 Å². The molecule has 0 atom stereocenters. The Morgan fingerprint density at radius 3 is 2.59 bits per heavy atom. The molecule has 0 unspecified atom stereocenters. The van der Waals surface area contributed by atoms with Gasteiger partial charge in [0.15, 0.2) is 0 Å². The van der Waals surface area contributed by atoms with Crippen molar-refractivity contribution in [3.8, 4) is 11.4 Å². The number of likely N-dealkylation sites (tertiary alicyclic amines) is 1. The van der Waals surface area contributed by atoms with Crippen LogP contribution >= 0.6 is 0 Å². The van der Waals surface area contributed by atoms with Crippen molar-refractivity contribution >= 4 is 5.91 Å². The van der Waals surface area contributed by atoms with Crippen molar-refractivity contribution in [2.24, 2.45) is 5.92 Å². The minimum atomic E-state index is 0.130. The molecule has 1 aliphatic heterocycles. The monoisotopic (exact) mass is 370 g/mol. The van der Waals surface area contributed by atoms with Crippen molar-refractivity contribution in [1.29, 1.82) is 0 Å². The standard InChI is InChI=1S/C21H30N4O2/c1-4-11-22-21(26)18-9-12-25(13-10-18)14-19-23-20(24-27-19)17-7-5-16(6-8-17)15(2)3/h5-8,15,18H,4,9-14H2,1-3H3,(H,22,26). The van der Waals surface area contributed by atoms with Crippen LogP contribution in [0.1, 0.15) is 57.4 Å². The Bertz CT molecular complexity index is 731. The van der Waals surface area contributed by atoms with Crippen LogP contribution in [0.4, 0.5) is 0 Å². The van der Waals surface area contributed by atoms with E-state index in [4.69, 9.17) is 4.52 Å². The number of carbonyl (C=O) groups is 1. The lowest BCUT2D eigenvalue weighted by Crippen LogP contribution is -2.40. The number of carbonyl (C=O) groups excluding carboxylic acids is 1. The van der Waals surface area contributed by atoms with Gasteiger partial charge in [0.1, 0.15) is 0 Å². The molecule has 1 amide bonds. The molecule has 3 rings (SSSR count). The van der Waals surface area contributed by atoms with Crippen LogP contribution < -0.4 is 5.32 Å². The molecule has 1 aromatic carbocycles. The molecular formula is C21H30N4O2. The fourth-order valence-corrected chi connectivity index (χ4v) is 3.39. The summed E-state index contributed by atoms with van der Waals surface area (Å²) in [6.45, 7) is 9.59. The van der Waals surface area contributed by atoms with Crippen molar-refractivity contribution in [2.45, 2.75) is 52.5 Å². The lowest BCUT2D eigenvalue weighted by molar-refractivity contribution is -0.126. The molecule has 0 bridgehead atoms. The summed E-state index contributed by atoms with van der Waals surface area (Å²) < 4.78 is 5.44. The number of piperidine rings is 1. The average Bonchev–Trinajstić information content (AvgIpc) is 3.15. The van der Waals surface area contributed by atoms with Gasteiger partial charge in [0, 0.05) is 18.0 Å². The molecule has 1 saturated heterocycles. The van der Waals surface area contributed by atoms with Crippen LogP contribution in [0.3, 0.4) is 0 Å². The number of nitrogens with one attached hydrogen (secondary N) is 1. The van der Waals surface area contributed by atoms with Gasteiger partial charge in [-0.15, -0.1) is 0 Å². The molecule has 1 aromatic heterocycles. The highest BCUT2D eigenvalue weighted by Crippen LogP contribution is 2.22. The molecule has 27 heavy (non-hydrogen) atoms. The average molecular weight is 370 g/mol. The largest absolute Gasteiger partial charge is 0.356 e. The second kappa shape index (κ2) is 9.13. The van der Waals surface area contributed by atoms with E-state index in [1.54, 1.807) is 0 Å². The molecule has 1 N–H and O–H groups in total. The Labute approximate surface area is 161 Å².